The van der Waals surface area contributed by atoms with Crippen molar-refractivity contribution in [2.75, 3.05) is 57.4 Å². The van der Waals surface area contributed by atoms with Crippen molar-refractivity contribution in [2.24, 2.45) is 0 Å². The minimum atomic E-state index is 0.211. The van der Waals surface area contributed by atoms with E-state index in [0.717, 1.165) is 74.3 Å². The van der Waals surface area contributed by atoms with Gasteiger partial charge in [0.25, 0.3) is 0 Å². The Bertz CT molecular complexity index is 1180. The Hall–Kier alpha value is -2.81. The minimum Gasteiger partial charge on any atom is -0.508 e. The van der Waals surface area contributed by atoms with Gasteiger partial charge in [-0.2, -0.15) is 0 Å². The Labute approximate surface area is 212 Å². The number of hydrogen-bond acceptors (Lipinski definition) is 8. The summed E-state index contributed by atoms with van der Waals surface area (Å²) in [4.78, 5) is 22.2. The molecule has 0 unspecified atom stereocenters. The first-order valence-electron chi connectivity index (χ1n) is 13.5. The molecule has 1 N–H and O–H groups in total. The normalized spacial score (nSPS) is 20.7. The van der Waals surface area contributed by atoms with E-state index in [1.165, 1.54) is 37.7 Å². The Balaban J connectivity index is 1.24. The lowest BCUT2D eigenvalue weighted by Gasteiger charge is -2.40. The summed E-state index contributed by atoms with van der Waals surface area (Å²) in [6.07, 6.45) is 8.95. The third kappa shape index (κ3) is 5.16. The van der Waals surface area contributed by atoms with E-state index < -0.39 is 0 Å². The van der Waals surface area contributed by atoms with Gasteiger partial charge in [-0.1, -0.05) is 31.4 Å². The van der Waals surface area contributed by atoms with Crippen LogP contribution in [0.5, 0.6) is 5.75 Å². The standard InChI is InChI=1S/C28H36N6O2/c35-24-8-4-5-22(18-24)27-30-25-17-21(19-29-26(25)28(31-27)34-13-15-36-16-14-34)20-32-9-11-33(12-10-32)23-6-2-1-3-7-23/h4-5,8,17-19,23,35H,1-3,6-7,9-16,20H2. The molecule has 0 atom stereocenters. The van der Waals surface area contributed by atoms with E-state index in [2.05, 4.69) is 20.8 Å². The fourth-order valence-electron chi connectivity index (χ4n) is 5.89. The number of anilines is 1. The van der Waals surface area contributed by atoms with Crippen molar-refractivity contribution >= 4 is 16.9 Å². The van der Waals surface area contributed by atoms with Crippen LogP contribution in [0, 0.1) is 0 Å². The number of piperazine rings is 1. The lowest BCUT2D eigenvalue weighted by molar-refractivity contribution is 0.0755. The highest BCUT2D eigenvalue weighted by Crippen LogP contribution is 2.29. The average molecular weight is 489 g/mol. The number of fused-ring (bicyclic) bond motifs is 1. The van der Waals surface area contributed by atoms with Gasteiger partial charge in [0.2, 0.25) is 0 Å². The molecule has 1 aliphatic carbocycles. The fraction of sp³-hybridized carbons (Fsp3) is 0.536. The lowest BCUT2D eigenvalue weighted by atomic mass is 9.94. The molecule has 1 aromatic carbocycles. The van der Waals surface area contributed by atoms with Gasteiger partial charge >= 0.3 is 0 Å². The quantitative estimate of drug-likeness (QED) is 0.583. The van der Waals surface area contributed by atoms with Crippen LogP contribution in [0.15, 0.2) is 36.5 Å². The summed E-state index contributed by atoms with van der Waals surface area (Å²) in [6, 6.07) is 10.1. The molecule has 2 saturated heterocycles. The van der Waals surface area contributed by atoms with Crippen LogP contribution in [-0.4, -0.2) is 88.4 Å². The van der Waals surface area contributed by atoms with Crippen LogP contribution in [-0.2, 0) is 11.3 Å². The number of phenolic OH excluding ortho intramolecular Hbond substituents is 1. The number of morpholine rings is 1. The van der Waals surface area contributed by atoms with Gasteiger partial charge < -0.3 is 14.7 Å². The summed E-state index contributed by atoms with van der Waals surface area (Å²) in [7, 11) is 0. The maximum absolute atomic E-state index is 10.0. The number of hydrogen-bond donors (Lipinski definition) is 1. The number of phenols is 1. The molecule has 0 radical (unpaired) electrons. The summed E-state index contributed by atoms with van der Waals surface area (Å²) in [5.74, 6) is 1.66. The van der Waals surface area contributed by atoms with Crippen molar-refractivity contribution in [3.63, 3.8) is 0 Å². The molecule has 3 aliphatic rings. The Kier molecular flexibility index (Phi) is 6.98. The maximum Gasteiger partial charge on any atom is 0.162 e. The van der Waals surface area contributed by atoms with Gasteiger partial charge in [-0.25, -0.2) is 9.97 Å². The second kappa shape index (κ2) is 10.7. The highest BCUT2D eigenvalue weighted by molar-refractivity contribution is 5.88. The summed E-state index contributed by atoms with van der Waals surface area (Å²) in [5.41, 5.74) is 3.66. The van der Waals surface area contributed by atoms with Gasteiger partial charge in [-0.3, -0.25) is 14.8 Å². The van der Waals surface area contributed by atoms with Crippen molar-refractivity contribution in [1.29, 1.82) is 0 Å². The monoisotopic (exact) mass is 488 g/mol. The topological polar surface area (TPSA) is 77.9 Å². The van der Waals surface area contributed by atoms with Crippen molar-refractivity contribution in [3.05, 3.63) is 42.1 Å². The van der Waals surface area contributed by atoms with Gasteiger partial charge in [0.1, 0.15) is 11.3 Å². The zero-order chi connectivity index (χ0) is 24.3. The molecular weight excluding hydrogens is 452 g/mol. The van der Waals surface area contributed by atoms with Gasteiger partial charge in [0.05, 0.1) is 18.7 Å². The van der Waals surface area contributed by atoms with E-state index in [-0.39, 0.29) is 5.75 Å². The van der Waals surface area contributed by atoms with Crippen molar-refractivity contribution in [3.8, 4) is 17.1 Å². The predicted octanol–water partition coefficient (Wildman–Crippen LogP) is 3.68. The number of rotatable bonds is 5. The molecule has 8 nitrogen and oxygen atoms in total. The molecule has 2 aromatic heterocycles. The summed E-state index contributed by atoms with van der Waals surface area (Å²) in [6.45, 7) is 8.33. The highest BCUT2D eigenvalue weighted by Gasteiger charge is 2.25. The Morgan fingerprint density at radius 1 is 0.917 bits per heavy atom. The zero-order valence-corrected chi connectivity index (χ0v) is 21.0. The van der Waals surface area contributed by atoms with Crippen molar-refractivity contribution in [2.45, 2.75) is 44.7 Å². The van der Waals surface area contributed by atoms with Crippen LogP contribution in [0.25, 0.3) is 22.4 Å². The van der Waals surface area contributed by atoms with Crippen molar-refractivity contribution < 1.29 is 9.84 Å². The molecule has 4 heterocycles. The molecule has 0 spiro atoms. The largest absolute Gasteiger partial charge is 0.508 e. The first-order valence-corrected chi connectivity index (χ1v) is 13.5. The minimum absolute atomic E-state index is 0.211. The molecule has 2 aliphatic heterocycles. The number of aromatic hydroxyl groups is 1. The van der Waals surface area contributed by atoms with Crippen LogP contribution in [0.4, 0.5) is 5.82 Å². The molecule has 1 saturated carbocycles. The molecule has 3 aromatic rings. The van der Waals surface area contributed by atoms with Crippen LogP contribution in [0.2, 0.25) is 0 Å². The van der Waals surface area contributed by atoms with Gasteiger partial charge in [-0.05, 0) is 36.6 Å². The molecule has 36 heavy (non-hydrogen) atoms. The number of nitrogens with zero attached hydrogens (tertiary/aromatic N) is 6. The van der Waals surface area contributed by atoms with E-state index in [1.807, 2.05) is 18.3 Å². The van der Waals surface area contributed by atoms with Gasteiger partial charge in [0.15, 0.2) is 11.6 Å². The second-order valence-electron chi connectivity index (χ2n) is 10.3. The van der Waals surface area contributed by atoms with Crippen LogP contribution in [0.1, 0.15) is 37.7 Å². The molecule has 8 heteroatoms. The average Bonchev–Trinajstić information content (AvgIpc) is 2.94. The number of ether oxygens (including phenoxy) is 1. The Morgan fingerprint density at radius 3 is 2.50 bits per heavy atom. The van der Waals surface area contributed by atoms with E-state index in [1.54, 1.807) is 12.1 Å². The highest BCUT2D eigenvalue weighted by atomic mass is 16.5. The predicted molar refractivity (Wildman–Crippen MR) is 141 cm³/mol. The SMILES string of the molecule is Oc1cccc(-c2nc(N3CCOCC3)c3ncc(CN4CCN(C5CCCCC5)CC4)cc3n2)c1. The maximum atomic E-state index is 10.0. The van der Waals surface area contributed by atoms with Gasteiger partial charge in [-0.15, -0.1) is 0 Å². The van der Waals surface area contributed by atoms with E-state index in [9.17, 15) is 5.11 Å². The molecule has 6 rings (SSSR count). The van der Waals surface area contributed by atoms with Crippen LogP contribution < -0.4 is 4.90 Å². The number of aromatic nitrogens is 3. The summed E-state index contributed by atoms with van der Waals surface area (Å²) in [5, 5.41) is 10.0. The third-order valence-corrected chi connectivity index (χ3v) is 7.89. The number of pyridine rings is 1. The lowest BCUT2D eigenvalue weighted by Crippen LogP contribution is -2.50. The van der Waals surface area contributed by atoms with Crippen LogP contribution in [0.3, 0.4) is 0 Å². The van der Waals surface area contributed by atoms with E-state index in [0.29, 0.717) is 19.0 Å². The zero-order valence-electron chi connectivity index (χ0n) is 21.0. The fourth-order valence-corrected chi connectivity index (χ4v) is 5.89. The van der Waals surface area contributed by atoms with E-state index >= 15 is 0 Å². The first kappa shape index (κ1) is 23.6. The van der Waals surface area contributed by atoms with Crippen molar-refractivity contribution in [1.82, 2.24) is 24.8 Å². The Morgan fingerprint density at radius 2 is 1.72 bits per heavy atom. The smallest absolute Gasteiger partial charge is 0.162 e. The molecule has 190 valence electrons. The molecule has 3 fully saturated rings. The summed E-state index contributed by atoms with van der Waals surface area (Å²) >= 11 is 0. The van der Waals surface area contributed by atoms with Gasteiger partial charge in [0, 0.05) is 63.6 Å². The van der Waals surface area contributed by atoms with E-state index in [4.69, 9.17) is 19.7 Å². The van der Waals surface area contributed by atoms with Crippen LogP contribution >= 0.6 is 0 Å². The molecule has 0 bridgehead atoms. The first-order chi connectivity index (χ1) is 17.7. The third-order valence-electron chi connectivity index (χ3n) is 7.89. The second-order valence-corrected chi connectivity index (χ2v) is 10.3. The molecule has 0 amide bonds. The molecular formula is C28H36N6O2. The number of benzene rings is 1. The summed E-state index contributed by atoms with van der Waals surface area (Å²) < 4.78 is 5.57.